The number of hydrogen-bond donors (Lipinski definition) is 2. The van der Waals surface area contributed by atoms with Crippen molar-refractivity contribution in [1.82, 2.24) is 15.5 Å². The number of amides is 1. The van der Waals surface area contributed by atoms with Gasteiger partial charge in [0.05, 0.1) is 0 Å². The lowest BCUT2D eigenvalue weighted by molar-refractivity contribution is 0.0945. The van der Waals surface area contributed by atoms with Crippen LogP contribution in [0.5, 0.6) is 0 Å². The van der Waals surface area contributed by atoms with Crippen LogP contribution >= 0.6 is 0 Å². The van der Waals surface area contributed by atoms with Gasteiger partial charge in [-0.3, -0.25) is 9.89 Å². The summed E-state index contributed by atoms with van der Waals surface area (Å²) in [4.78, 5) is 11.8. The zero-order valence-electron chi connectivity index (χ0n) is 8.68. The first-order valence-electron chi connectivity index (χ1n) is 5.71. The number of aryl methyl sites for hydroxylation is 1. The highest BCUT2D eigenvalue weighted by atomic mass is 16.2. The summed E-state index contributed by atoms with van der Waals surface area (Å²) in [7, 11) is 0. The molecule has 1 aromatic rings. The molecule has 1 amide bonds. The Kier molecular flexibility index (Phi) is 2.01. The molecule has 1 aromatic heterocycles. The van der Waals surface area contributed by atoms with Gasteiger partial charge in [0.25, 0.3) is 5.91 Å². The van der Waals surface area contributed by atoms with Crippen molar-refractivity contribution in [2.24, 2.45) is 0 Å². The molecule has 1 heterocycles. The molecule has 2 aliphatic rings. The lowest BCUT2D eigenvalue weighted by Crippen LogP contribution is -2.27. The van der Waals surface area contributed by atoms with Crippen LogP contribution < -0.4 is 5.32 Å². The Hall–Kier alpha value is -1.32. The summed E-state index contributed by atoms with van der Waals surface area (Å²) < 4.78 is 0. The van der Waals surface area contributed by atoms with E-state index in [2.05, 4.69) is 15.5 Å². The smallest absolute Gasteiger partial charge is 0.272 e. The van der Waals surface area contributed by atoms with Gasteiger partial charge in [0.15, 0.2) is 5.69 Å². The second-order valence-electron chi connectivity index (χ2n) is 4.48. The van der Waals surface area contributed by atoms with Gasteiger partial charge in [-0.2, -0.15) is 5.10 Å². The first-order chi connectivity index (χ1) is 7.34. The normalized spacial score (nSPS) is 19.7. The highest BCUT2D eigenvalue weighted by molar-refractivity contribution is 5.94. The minimum atomic E-state index is 0.0110. The van der Waals surface area contributed by atoms with Gasteiger partial charge in [-0.25, -0.2) is 0 Å². The number of nitrogens with one attached hydrogen (secondary N) is 2. The van der Waals surface area contributed by atoms with E-state index >= 15 is 0 Å². The van der Waals surface area contributed by atoms with Crippen molar-refractivity contribution in [1.29, 1.82) is 0 Å². The molecule has 0 bridgehead atoms. The van der Waals surface area contributed by atoms with Crippen molar-refractivity contribution in [2.45, 2.75) is 44.6 Å². The summed E-state index contributed by atoms with van der Waals surface area (Å²) in [5, 5.41) is 10.1. The van der Waals surface area contributed by atoms with Crippen molar-refractivity contribution in [3.8, 4) is 0 Å². The van der Waals surface area contributed by atoms with Crippen LogP contribution in [0.3, 0.4) is 0 Å². The molecule has 0 aromatic carbocycles. The van der Waals surface area contributed by atoms with Crippen LogP contribution in [-0.4, -0.2) is 22.1 Å². The van der Waals surface area contributed by atoms with Gasteiger partial charge in [0.2, 0.25) is 0 Å². The summed E-state index contributed by atoms with van der Waals surface area (Å²) in [6.45, 7) is 0. The Labute approximate surface area is 88.4 Å². The van der Waals surface area contributed by atoms with Gasteiger partial charge >= 0.3 is 0 Å². The lowest BCUT2D eigenvalue weighted by Gasteiger charge is -2.10. The van der Waals surface area contributed by atoms with Gasteiger partial charge in [0, 0.05) is 17.3 Å². The number of carbonyl (C=O) groups excluding carboxylic acids is 1. The van der Waals surface area contributed by atoms with Crippen molar-refractivity contribution in [2.75, 3.05) is 0 Å². The molecule has 15 heavy (non-hydrogen) atoms. The number of carbonyl (C=O) groups is 1. The molecule has 2 N–H and O–H groups in total. The Bertz CT molecular complexity index is 393. The molecule has 0 saturated heterocycles. The van der Waals surface area contributed by atoms with E-state index in [1.807, 2.05) is 0 Å². The predicted molar refractivity (Wildman–Crippen MR) is 55.7 cm³/mol. The van der Waals surface area contributed by atoms with Gasteiger partial charge in [-0.15, -0.1) is 0 Å². The number of fused-ring (bicyclic) bond motifs is 1. The number of H-pyrrole nitrogens is 1. The average molecular weight is 205 g/mol. The summed E-state index contributed by atoms with van der Waals surface area (Å²) >= 11 is 0. The maximum atomic E-state index is 11.8. The van der Waals surface area contributed by atoms with E-state index in [0.29, 0.717) is 11.7 Å². The van der Waals surface area contributed by atoms with Crippen LogP contribution in [-0.2, 0) is 12.8 Å². The number of rotatable bonds is 2. The molecule has 0 unspecified atom stereocenters. The van der Waals surface area contributed by atoms with E-state index in [4.69, 9.17) is 0 Å². The number of hydrogen-bond acceptors (Lipinski definition) is 2. The fourth-order valence-corrected chi connectivity index (χ4v) is 2.15. The molecule has 1 fully saturated rings. The predicted octanol–water partition coefficient (Wildman–Crippen LogP) is 1.18. The molecular formula is C11H15N3O. The SMILES string of the molecule is O=C(NC1CC1)c1n[nH]c2c1CCCC2. The topological polar surface area (TPSA) is 57.8 Å². The Morgan fingerprint density at radius 3 is 2.93 bits per heavy atom. The zero-order valence-corrected chi connectivity index (χ0v) is 8.68. The van der Waals surface area contributed by atoms with E-state index in [9.17, 15) is 4.79 Å². The second kappa shape index (κ2) is 3.36. The van der Waals surface area contributed by atoms with Crippen LogP contribution in [0.15, 0.2) is 0 Å². The molecule has 0 spiro atoms. The fraction of sp³-hybridized carbons (Fsp3) is 0.636. The Morgan fingerprint density at radius 1 is 1.33 bits per heavy atom. The largest absolute Gasteiger partial charge is 0.348 e. The molecule has 2 aliphatic carbocycles. The van der Waals surface area contributed by atoms with E-state index in [0.717, 1.165) is 31.2 Å². The Morgan fingerprint density at radius 2 is 2.13 bits per heavy atom. The molecule has 3 rings (SSSR count). The minimum Gasteiger partial charge on any atom is -0.348 e. The molecule has 0 aliphatic heterocycles. The molecule has 80 valence electrons. The highest BCUT2D eigenvalue weighted by Crippen LogP contribution is 2.24. The molecule has 1 saturated carbocycles. The standard InChI is InChI=1S/C11H15N3O/c15-11(12-7-5-6-7)10-8-3-1-2-4-9(8)13-14-10/h7H,1-6H2,(H,12,15)(H,13,14). The first-order valence-corrected chi connectivity index (χ1v) is 5.71. The third-order valence-corrected chi connectivity index (χ3v) is 3.18. The monoisotopic (exact) mass is 205 g/mol. The number of nitrogens with zero attached hydrogens (tertiary/aromatic N) is 1. The lowest BCUT2D eigenvalue weighted by atomic mass is 9.96. The summed E-state index contributed by atoms with van der Waals surface area (Å²) in [6, 6.07) is 0.411. The van der Waals surface area contributed by atoms with Gasteiger partial charge in [0.1, 0.15) is 0 Å². The van der Waals surface area contributed by atoms with Gasteiger partial charge in [-0.1, -0.05) is 0 Å². The number of aromatic amines is 1. The van der Waals surface area contributed by atoms with Crippen molar-refractivity contribution in [3.05, 3.63) is 17.0 Å². The van der Waals surface area contributed by atoms with Crippen LogP contribution in [0.2, 0.25) is 0 Å². The maximum absolute atomic E-state index is 11.8. The first kappa shape index (κ1) is 8.95. The van der Waals surface area contributed by atoms with Crippen LogP contribution in [0.25, 0.3) is 0 Å². The molecule has 4 nitrogen and oxygen atoms in total. The quantitative estimate of drug-likeness (QED) is 0.761. The molecular weight excluding hydrogens is 190 g/mol. The molecule has 4 heteroatoms. The average Bonchev–Trinajstić information content (AvgIpc) is 2.96. The molecule has 0 radical (unpaired) electrons. The van der Waals surface area contributed by atoms with Gasteiger partial charge < -0.3 is 5.32 Å². The van der Waals surface area contributed by atoms with E-state index in [-0.39, 0.29) is 5.91 Å². The van der Waals surface area contributed by atoms with Crippen LogP contribution in [0.4, 0.5) is 0 Å². The van der Waals surface area contributed by atoms with E-state index in [1.165, 1.54) is 18.5 Å². The summed E-state index contributed by atoms with van der Waals surface area (Å²) in [6.07, 6.45) is 6.67. The van der Waals surface area contributed by atoms with E-state index < -0.39 is 0 Å². The van der Waals surface area contributed by atoms with Crippen LogP contribution in [0, 0.1) is 0 Å². The van der Waals surface area contributed by atoms with Crippen molar-refractivity contribution < 1.29 is 4.79 Å². The maximum Gasteiger partial charge on any atom is 0.272 e. The minimum absolute atomic E-state index is 0.0110. The van der Waals surface area contributed by atoms with E-state index in [1.54, 1.807) is 0 Å². The zero-order chi connectivity index (χ0) is 10.3. The van der Waals surface area contributed by atoms with Crippen molar-refractivity contribution >= 4 is 5.91 Å². The summed E-state index contributed by atoms with van der Waals surface area (Å²) in [5.74, 6) is 0.0110. The van der Waals surface area contributed by atoms with Crippen LogP contribution in [0.1, 0.15) is 47.4 Å². The second-order valence-corrected chi connectivity index (χ2v) is 4.48. The summed E-state index contributed by atoms with van der Waals surface area (Å²) in [5.41, 5.74) is 2.96. The van der Waals surface area contributed by atoms with Crippen molar-refractivity contribution in [3.63, 3.8) is 0 Å². The fourth-order valence-electron chi connectivity index (χ4n) is 2.15. The van der Waals surface area contributed by atoms with Gasteiger partial charge in [-0.05, 0) is 38.5 Å². The Balaban J connectivity index is 1.83. The highest BCUT2D eigenvalue weighted by Gasteiger charge is 2.27. The number of aromatic nitrogens is 2. The molecule has 0 atom stereocenters. The third kappa shape index (κ3) is 1.64. The third-order valence-electron chi connectivity index (χ3n) is 3.18.